The lowest BCUT2D eigenvalue weighted by molar-refractivity contribution is 0.590. The summed E-state index contributed by atoms with van der Waals surface area (Å²) < 4.78 is 0. The predicted octanol–water partition coefficient (Wildman–Crippen LogP) is 9.59. The third kappa shape index (κ3) is 6.32. The molecule has 0 bridgehead atoms. The second-order valence-electron chi connectivity index (χ2n) is 13.2. The first-order chi connectivity index (χ1) is 21.0. The van der Waals surface area contributed by atoms with Crippen LogP contribution in [0.15, 0.2) is 116 Å². The van der Waals surface area contributed by atoms with Crippen molar-refractivity contribution in [2.45, 2.75) is 52.4 Å². The molecule has 0 radical (unpaired) electrons. The van der Waals surface area contributed by atoms with Crippen molar-refractivity contribution in [2.24, 2.45) is 0 Å². The fourth-order valence-corrected chi connectivity index (χ4v) is 5.07. The van der Waals surface area contributed by atoms with Crippen LogP contribution in [0.4, 0.5) is 0 Å². The van der Waals surface area contributed by atoms with Crippen LogP contribution in [-0.4, -0.2) is 24.9 Å². The van der Waals surface area contributed by atoms with Gasteiger partial charge in [-0.05, 0) is 45.7 Å². The molecule has 6 rings (SSSR count). The number of hydrogen-bond donors (Lipinski definition) is 0. The van der Waals surface area contributed by atoms with Crippen molar-refractivity contribution in [3.05, 3.63) is 127 Å². The summed E-state index contributed by atoms with van der Waals surface area (Å²) in [5, 5.41) is 0. The van der Waals surface area contributed by atoms with E-state index in [9.17, 15) is 0 Å². The summed E-state index contributed by atoms with van der Waals surface area (Å²) in [6, 6.07) is 33.5. The molecule has 0 aliphatic carbocycles. The lowest BCUT2D eigenvalue weighted by Crippen LogP contribution is -2.10. The standard InChI is InChI=1S/C39H37N5/c1-38(2,3)32-16-11-29(12-17-32)36-42-35(43-37(44-36)30-13-18-33(19-14-30)39(4,5)6)28-9-7-26(8-10-28)31-15-20-34(41-25-31)27-21-23-40-24-22-27/h7-25H,1-6H3. The van der Waals surface area contributed by atoms with Crippen LogP contribution in [0, 0.1) is 0 Å². The van der Waals surface area contributed by atoms with Gasteiger partial charge in [-0.2, -0.15) is 0 Å². The van der Waals surface area contributed by atoms with E-state index < -0.39 is 0 Å². The lowest BCUT2D eigenvalue weighted by Gasteiger charge is -2.19. The molecule has 44 heavy (non-hydrogen) atoms. The molecule has 3 aromatic heterocycles. The van der Waals surface area contributed by atoms with Crippen LogP contribution in [0.3, 0.4) is 0 Å². The molecule has 0 aliphatic rings. The van der Waals surface area contributed by atoms with Gasteiger partial charge in [-0.1, -0.05) is 120 Å². The van der Waals surface area contributed by atoms with Gasteiger partial charge in [0.2, 0.25) is 0 Å². The summed E-state index contributed by atoms with van der Waals surface area (Å²) in [4.78, 5) is 23.6. The molecular weight excluding hydrogens is 538 g/mol. The normalized spacial score (nSPS) is 11.9. The quantitative estimate of drug-likeness (QED) is 0.205. The zero-order valence-electron chi connectivity index (χ0n) is 26.2. The molecule has 0 amide bonds. The fraction of sp³-hybridized carbons (Fsp3) is 0.205. The molecule has 0 saturated heterocycles. The SMILES string of the molecule is CC(C)(C)c1ccc(-c2nc(-c3ccc(-c4ccc(-c5ccncc5)nc4)cc3)nc(-c3ccc(C(C)(C)C)cc3)n2)cc1. The van der Waals surface area contributed by atoms with Crippen molar-refractivity contribution in [3.8, 4) is 56.5 Å². The third-order valence-electron chi connectivity index (χ3n) is 7.87. The van der Waals surface area contributed by atoms with Gasteiger partial charge < -0.3 is 0 Å². The zero-order valence-corrected chi connectivity index (χ0v) is 26.2. The minimum absolute atomic E-state index is 0.0688. The maximum Gasteiger partial charge on any atom is 0.164 e. The number of nitrogens with zero attached hydrogens (tertiary/aromatic N) is 5. The Hall–Kier alpha value is -5.03. The summed E-state index contributed by atoms with van der Waals surface area (Å²) >= 11 is 0. The Morgan fingerprint density at radius 3 is 1.16 bits per heavy atom. The van der Waals surface area contributed by atoms with Crippen LogP contribution < -0.4 is 0 Å². The molecule has 0 unspecified atom stereocenters. The molecule has 5 nitrogen and oxygen atoms in total. The molecule has 3 aromatic carbocycles. The van der Waals surface area contributed by atoms with Crippen molar-refractivity contribution >= 4 is 0 Å². The molecule has 0 N–H and O–H groups in total. The summed E-state index contributed by atoms with van der Waals surface area (Å²) in [5.41, 5.74) is 9.62. The Labute approximate surface area is 260 Å². The van der Waals surface area contributed by atoms with E-state index in [0.29, 0.717) is 17.5 Å². The highest BCUT2D eigenvalue weighted by Crippen LogP contribution is 2.30. The summed E-state index contributed by atoms with van der Waals surface area (Å²) in [6.07, 6.45) is 5.47. The maximum atomic E-state index is 4.96. The van der Waals surface area contributed by atoms with E-state index in [2.05, 4.69) is 130 Å². The minimum atomic E-state index is 0.0688. The molecule has 0 atom stereocenters. The topological polar surface area (TPSA) is 64.5 Å². The molecule has 6 aromatic rings. The van der Waals surface area contributed by atoms with E-state index in [-0.39, 0.29) is 10.8 Å². The Kier molecular flexibility index (Phi) is 7.64. The average Bonchev–Trinajstić information content (AvgIpc) is 3.04. The van der Waals surface area contributed by atoms with Crippen molar-refractivity contribution in [2.75, 3.05) is 0 Å². The second kappa shape index (κ2) is 11.6. The smallest absolute Gasteiger partial charge is 0.164 e. The monoisotopic (exact) mass is 575 g/mol. The molecule has 0 aliphatic heterocycles. The first-order valence-electron chi connectivity index (χ1n) is 15.0. The highest BCUT2D eigenvalue weighted by atomic mass is 15.0. The van der Waals surface area contributed by atoms with E-state index in [1.165, 1.54) is 11.1 Å². The van der Waals surface area contributed by atoms with Gasteiger partial charge in [0, 0.05) is 46.4 Å². The van der Waals surface area contributed by atoms with Gasteiger partial charge in [-0.3, -0.25) is 9.97 Å². The van der Waals surface area contributed by atoms with Gasteiger partial charge in [-0.15, -0.1) is 0 Å². The number of benzene rings is 3. The van der Waals surface area contributed by atoms with E-state index in [1.54, 1.807) is 12.4 Å². The van der Waals surface area contributed by atoms with Crippen LogP contribution in [-0.2, 0) is 10.8 Å². The number of pyridine rings is 2. The van der Waals surface area contributed by atoms with E-state index in [1.807, 2.05) is 24.4 Å². The second-order valence-corrected chi connectivity index (χ2v) is 13.2. The highest BCUT2D eigenvalue weighted by Gasteiger charge is 2.17. The first-order valence-corrected chi connectivity index (χ1v) is 15.0. The van der Waals surface area contributed by atoms with E-state index in [4.69, 9.17) is 15.0 Å². The van der Waals surface area contributed by atoms with Gasteiger partial charge in [0.05, 0.1) is 5.69 Å². The molecule has 0 saturated carbocycles. The molecular formula is C39H37N5. The Bertz CT molecular complexity index is 1790. The van der Waals surface area contributed by atoms with Crippen LogP contribution in [0.1, 0.15) is 52.7 Å². The van der Waals surface area contributed by atoms with Gasteiger partial charge in [0.15, 0.2) is 17.5 Å². The van der Waals surface area contributed by atoms with Gasteiger partial charge in [-0.25, -0.2) is 15.0 Å². The summed E-state index contributed by atoms with van der Waals surface area (Å²) in [6.45, 7) is 13.3. The number of rotatable bonds is 5. The summed E-state index contributed by atoms with van der Waals surface area (Å²) in [7, 11) is 0. The third-order valence-corrected chi connectivity index (χ3v) is 7.87. The maximum absolute atomic E-state index is 4.96. The summed E-state index contributed by atoms with van der Waals surface area (Å²) in [5.74, 6) is 1.96. The lowest BCUT2D eigenvalue weighted by atomic mass is 9.86. The fourth-order valence-electron chi connectivity index (χ4n) is 5.07. The molecule has 5 heteroatoms. The van der Waals surface area contributed by atoms with E-state index in [0.717, 1.165) is 39.1 Å². The van der Waals surface area contributed by atoms with Crippen molar-refractivity contribution in [1.82, 2.24) is 24.9 Å². The van der Waals surface area contributed by atoms with Crippen LogP contribution in [0.5, 0.6) is 0 Å². The minimum Gasteiger partial charge on any atom is -0.265 e. The highest BCUT2D eigenvalue weighted by molar-refractivity contribution is 5.71. The molecule has 3 heterocycles. The zero-order chi connectivity index (χ0) is 30.9. The Morgan fingerprint density at radius 1 is 0.386 bits per heavy atom. The first kappa shape index (κ1) is 29.1. The van der Waals surface area contributed by atoms with Crippen LogP contribution in [0.2, 0.25) is 0 Å². The Balaban J connectivity index is 1.36. The van der Waals surface area contributed by atoms with Crippen molar-refractivity contribution < 1.29 is 0 Å². The number of aromatic nitrogens is 5. The van der Waals surface area contributed by atoms with Gasteiger partial charge in [0.25, 0.3) is 0 Å². The van der Waals surface area contributed by atoms with Crippen molar-refractivity contribution in [3.63, 3.8) is 0 Å². The van der Waals surface area contributed by atoms with Crippen LogP contribution in [0.25, 0.3) is 56.5 Å². The molecule has 0 spiro atoms. The van der Waals surface area contributed by atoms with Gasteiger partial charge >= 0.3 is 0 Å². The predicted molar refractivity (Wildman–Crippen MR) is 180 cm³/mol. The molecule has 0 fully saturated rings. The van der Waals surface area contributed by atoms with Gasteiger partial charge in [0.1, 0.15) is 0 Å². The van der Waals surface area contributed by atoms with E-state index >= 15 is 0 Å². The molecule has 218 valence electrons. The number of hydrogen-bond acceptors (Lipinski definition) is 5. The average molecular weight is 576 g/mol. The Morgan fingerprint density at radius 2 is 0.773 bits per heavy atom. The van der Waals surface area contributed by atoms with Crippen molar-refractivity contribution in [1.29, 1.82) is 0 Å². The largest absolute Gasteiger partial charge is 0.265 e. The van der Waals surface area contributed by atoms with Crippen LogP contribution >= 0.6 is 0 Å².